The number of benzene rings is 1. The molecule has 22 heavy (non-hydrogen) atoms. The van der Waals surface area contributed by atoms with Crippen molar-refractivity contribution >= 4 is 30.7 Å². The molecule has 0 spiro atoms. The van der Waals surface area contributed by atoms with E-state index in [1.54, 1.807) is 10.9 Å². The van der Waals surface area contributed by atoms with Crippen LogP contribution in [0.3, 0.4) is 0 Å². The summed E-state index contributed by atoms with van der Waals surface area (Å²) in [7, 11) is 1.86. The van der Waals surface area contributed by atoms with Crippen LogP contribution in [-0.2, 0) is 18.3 Å². The molecule has 0 saturated heterocycles. The summed E-state index contributed by atoms with van der Waals surface area (Å²) in [5, 5.41) is 6.94. The Kier molecular flexibility index (Phi) is 9.49. The molecule has 0 saturated carbocycles. The van der Waals surface area contributed by atoms with Gasteiger partial charge in [-0.3, -0.25) is 9.48 Å². The largest absolute Gasteiger partial charge is 0.354 e. The molecule has 0 aliphatic heterocycles. The van der Waals surface area contributed by atoms with Crippen LogP contribution >= 0.6 is 24.8 Å². The van der Waals surface area contributed by atoms with Crippen LogP contribution in [-0.4, -0.2) is 22.2 Å². The molecule has 0 aliphatic rings. The summed E-state index contributed by atoms with van der Waals surface area (Å²) in [5.41, 5.74) is 8.12. The molecule has 1 atom stereocenters. The minimum absolute atomic E-state index is 0. The predicted molar refractivity (Wildman–Crippen MR) is 92.4 cm³/mol. The number of aromatic nitrogens is 2. The lowest BCUT2D eigenvalue weighted by molar-refractivity contribution is -0.121. The first kappa shape index (κ1) is 20.4. The number of halogens is 2. The van der Waals surface area contributed by atoms with Crippen molar-refractivity contribution < 1.29 is 4.79 Å². The van der Waals surface area contributed by atoms with E-state index in [1.165, 1.54) is 0 Å². The summed E-state index contributed by atoms with van der Waals surface area (Å²) < 4.78 is 1.73. The number of carbonyl (C=O) groups excluding carboxylic acids is 1. The van der Waals surface area contributed by atoms with Gasteiger partial charge < -0.3 is 11.1 Å². The first-order valence-corrected chi connectivity index (χ1v) is 6.70. The molecular weight excluding hydrogens is 323 g/mol. The van der Waals surface area contributed by atoms with Crippen molar-refractivity contribution in [1.82, 2.24) is 15.1 Å². The second-order valence-corrected chi connectivity index (χ2v) is 4.84. The molecule has 0 fully saturated rings. The van der Waals surface area contributed by atoms with E-state index in [-0.39, 0.29) is 36.8 Å². The Balaban J connectivity index is 0.00000220. The molecule has 1 unspecified atom stereocenters. The fourth-order valence-electron chi connectivity index (χ4n) is 1.99. The van der Waals surface area contributed by atoms with E-state index in [0.29, 0.717) is 19.4 Å². The Hall–Kier alpha value is -1.56. The number of aryl methyl sites for hydroxylation is 2. The molecule has 1 aromatic carbocycles. The molecule has 5 nitrogen and oxygen atoms in total. The van der Waals surface area contributed by atoms with E-state index in [9.17, 15) is 4.79 Å². The molecule has 0 aliphatic carbocycles. The quantitative estimate of drug-likeness (QED) is 0.841. The maximum atomic E-state index is 11.8. The molecule has 1 aromatic heterocycles. The van der Waals surface area contributed by atoms with E-state index in [4.69, 9.17) is 5.73 Å². The fraction of sp³-hybridized carbons (Fsp3) is 0.333. The zero-order chi connectivity index (χ0) is 14.4. The number of carbonyl (C=O) groups is 1. The second kappa shape index (κ2) is 10.2. The van der Waals surface area contributed by atoms with Crippen molar-refractivity contribution in [2.24, 2.45) is 12.8 Å². The molecule has 122 valence electrons. The zero-order valence-electron chi connectivity index (χ0n) is 12.4. The molecular formula is C15H22Cl2N4O. The van der Waals surface area contributed by atoms with Gasteiger partial charge in [0.2, 0.25) is 5.91 Å². The molecule has 3 N–H and O–H groups in total. The van der Waals surface area contributed by atoms with Gasteiger partial charge in [0, 0.05) is 32.3 Å². The number of nitrogens with zero attached hydrogens (tertiary/aromatic N) is 2. The topological polar surface area (TPSA) is 72.9 Å². The van der Waals surface area contributed by atoms with Crippen LogP contribution in [0.5, 0.6) is 0 Å². The van der Waals surface area contributed by atoms with E-state index in [2.05, 4.69) is 10.4 Å². The number of rotatable bonds is 6. The molecule has 2 rings (SSSR count). The molecule has 7 heteroatoms. The highest BCUT2D eigenvalue weighted by Gasteiger charge is 2.08. The third kappa shape index (κ3) is 6.47. The van der Waals surface area contributed by atoms with Crippen LogP contribution in [0.2, 0.25) is 0 Å². The molecule has 0 bridgehead atoms. The highest BCUT2D eigenvalue weighted by molar-refractivity contribution is 5.85. The SMILES string of the molecule is Cl.Cl.Cn1cc(CCC(=O)NCC(N)c2ccccc2)cn1. The monoisotopic (exact) mass is 344 g/mol. The van der Waals surface area contributed by atoms with Crippen LogP contribution < -0.4 is 11.1 Å². The van der Waals surface area contributed by atoms with Gasteiger partial charge in [0.15, 0.2) is 0 Å². The smallest absolute Gasteiger partial charge is 0.220 e. The highest BCUT2D eigenvalue weighted by Crippen LogP contribution is 2.08. The number of amides is 1. The van der Waals surface area contributed by atoms with Crippen molar-refractivity contribution in [3.05, 3.63) is 53.9 Å². The Labute approximate surface area is 143 Å². The maximum Gasteiger partial charge on any atom is 0.220 e. The van der Waals surface area contributed by atoms with E-state index >= 15 is 0 Å². The van der Waals surface area contributed by atoms with Gasteiger partial charge in [-0.15, -0.1) is 24.8 Å². The zero-order valence-corrected chi connectivity index (χ0v) is 14.1. The molecule has 1 amide bonds. The Bertz CT molecular complexity index is 560. The first-order chi connectivity index (χ1) is 9.65. The Morgan fingerprint density at radius 2 is 2.00 bits per heavy atom. The van der Waals surface area contributed by atoms with Crippen molar-refractivity contribution in [2.75, 3.05) is 6.54 Å². The van der Waals surface area contributed by atoms with Crippen molar-refractivity contribution in [2.45, 2.75) is 18.9 Å². The average molecular weight is 345 g/mol. The summed E-state index contributed by atoms with van der Waals surface area (Å²) in [5.74, 6) is 0.0141. The van der Waals surface area contributed by atoms with Crippen LogP contribution in [0.1, 0.15) is 23.6 Å². The van der Waals surface area contributed by atoms with Gasteiger partial charge in [-0.05, 0) is 17.5 Å². The van der Waals surface area contributed by atoms with Gasteiger partial charge in [-0.2, -0.15) is 5.10 Å². The molecule has 2 aromatic rings. The summed E-state index contributed by atoms with van der Waals surface area (Å²) >= 11 is 0. The van der Waals surface area contributed by atoms with Crippen molar-refractivity contribution in [1.29, 1.82) is 0 Å². The minimum Gasteiger partial charge on any atom is -0.354 e. The lowest BCUT2D eigenvalue weighted by Crippen LogP contribution is -2.31. The number of hydrogen-bond donors (Lipinski definition) is 2. The Morgan fingerprint density at radius 1 is 1.32 bits per heavy atom. The normalized spacial score (nSPS) is 11.0. The van der Waals surface area contributed by atoms with Gasteiger partial charge in [-0.25, -0.2) is 0 Å². The summed E-state index contributed by atoms with van der Waals surface area (Å²) in [4.78, 5) is 11.8. The van der Waals surface area contributed by atoms with Gasteiger partial charge in [0.25, 0.3) is 0 Å². The third-order valence-corrected chi connectivity index (χ3v) is 3.15. The van der Waals surface area contributed by atoms with Crippen molar-refractivity contribution in [3.63, 3.8) is 0 Å². The minimum atomic E-state index is -0.168. The predicted octanol–water partition coefficient (Wildman–Crippen LogP) is 2.01. The summed E-state index contributed by atoms with van der Waals surface area (Å²) in [6.45, 7) is 0.454. The maximum absolute atomic E-state index is 11.8. The number of nitrogens with one attached hydrogen (secondary N) is 1. The lowest BCUT2D eigenvalue weighted by atomic mass is 10.1. The molecule has 1 heterocycles. The van der Waals surface area contributed by atoms with E-state index in [0.717, 1.165) is 11.1 Å². The fourth-order valence-corrected chi connectivity index (χ4v) is 1.99. The van der Waals surface area contributed by atoms with E-state index in [1.807, 2.05) is 43.6 Å². The average Bonchev–Trinajstić information content (AvgIpc) is 2.89. The van der Waals surface area contributed by atoms with Gasteiger partial charge in [0.05, 0.1) is 6.20 Å². The van der Waals surface area contributed by atoms with Gasteiger partial charge >= 0.3 is 0 Å². The van der Waals surface area contributed by atoms with Gasteiger partial charge in [-0.1, -0.05) is 30.3 Å². The standard InChI is InChI=1S/C15H20N4O.2ClH/c1-19-11-12(9-18-19)7-8-15(20)17-10-14(16)13-5-3-2-4-6-13;;/h2-6,9,11,14H,7-8,10,16H2,1H3,(H,17,20);2*1H. The Morgan fingerprint density at radius 3 is 2.59 bits per heavy atom. The van der Waals surface area contributed by atoms with E-state index < -0.39 is 0 Å². The number of hydrogen-bond acceptors (Lipinski definition) is 3. The van der Waals surface area contributed by atoms with Crippen LogP contribution in [0.15, 0.2) is 42.7 Å². The highest BCUT2D eigenvalue weighted by atomic mass is 35.5. The van der Waals surface area contributed by atoms with Gasteiger partial charge in [0.1, 0.15) is 0 Å². The summed E-state index contributed by atoms with van der Waals surface area (Å²) in [6.07, 6.45) is 4.85. The molecule has 0 radical (unpaired) electrons. The first-order valence-electron chi connectivity index (χ1n) is 6.70. The number of nitrogens with two attached hydrogens (primary N) is 1. The second-order valence-electron chi connectivity index (χ2n) is 4.84. The van der Waals surface area contributed by atoms with Crippen LogP contribution in [0, 0.1) is 0 Å². The van der Waals surface area contributed by atoms with Crippen LogP contribution in [0.4, 0.5) is 0 Å². The van der Waals surface area contributed by atoms with Crippen molar-refractivity contribution in [3.8, 4) is 0 Å². The summed E-state index contributed by atoms with van der Waals surface area (Å²) in [6, 6.07) is 9.60. The lowest BCUT2D eigenvalue weighted by Gasteiger charge is -2.12. The van der Waals surface area contributed by atoms with Crippen LogP contribution in [0.25, 0.3) is 0 Å². The third-order valence-electron chi connectivity index (χ3n) is 3.15.